The average Bonchev–Trinajstić information content (AvgIpc) is 2.37. The van der Waals surface area contributed by atoms with E-state index in [0.29, 0.717) is 0 Å². The molecular formula is C16H21NO2. The van der Waals surface area contributed by atoms with Crippen molar-refractivity contribution in [2.75, 3.05) is 6.61 Å². The third-order valence-corrected chi connectivity index (χ3v) is 5.61. The first-order valence-electron chi connectivity index (χ1n) is 7.59. The summed E-state index contributed by atoms with van der Waals surface area (Å²) in [5.41, 5.74) is -0.0809. The molecule has 5 rings (SSSR count). The Hall–Kier alpha value is -1.25. The van der Waals surface area contributed by atoms with Gasteiger partial charge in [0, 0.05) is 12.3 Å². The van der Waals surface area contributed by atoms with E-state index in [0.717, 1.165) is 41.9 Å². The molecular weight excluding hydrogens is 238 g/mol. The molecule has 3 heteroatoms. The molecule has 102 valence electrons. The van der Waals surface area contributed by atoms with Crippen molar-refractivity contribution in [1.82, 2.24) is 4.98 Å². The van der Waals surface area contributed by atoms with Gasteiger partial charge in [-0.25, -0.2) is 0 Å². The van der Waals surface area contributed by atoms with Gasteiger partial charge in [0.05, 0.1) is 6.61 Å². The van der Waals surface area contributed by atoms with Crippen molar-refractivity contribution >= 4 is 0 Å². The van der Waals surface area contributed by atoms with E-state index >= 15 is 0 Å². The molecule has 4 saturated carbocycles. The fourth-order valence-electron chi connectivity index (χ4n) is 5.02. The predicted octanol–water partition coefficient (Wildman–Crippen LogP) is 2.83. The van der Waals surface area contributed by atoms with Crippen molar-refractivity contribution < 1.29 is 4.74 Å². The Labute approximate surface area is 113 Å². The van der Waals surface area contributed by atoms with Crippen LogP contribution in [-0.4, -0.2) is 11.6 Å². The molecule has 1 heterocycles. The Morgan fingerprint density at radius 1 is 1.11 bits per heavy atom. The van der Waals surface area contributed by atoms with Gasteiger partial charge >= 0.3 is 0 Å². The number of aromatic amines is 1. The topological polar surface area (TPSA) is 42.1 Å². The van der Waals surface area contributed by atoms with Crippen molar-refractivity contribution in [1.29, 1.82) is 0 Å². The minimum atomic E-state index is -0.0809. The predicted molar refractivity (Wildman–Crippen MR) is 73.1 cm³/mol. The Balaban J connectivity index is 1.44. The fraction of sp³-hybridized carbons (Fsp3) is 0.688. The fourth-order valence-corrected chi connectivity index (χ4v) is 5.02. The van der Waals surface area contributed by atoms with Gasteiger partial charge in [-0.1, -0.05) is 0 Å². The lowest BCUT2D eigenvalue weighted by Gasteiger charge is -2.54. The summed E-state index contributed by atoms with van der Waals surface area (Å²) < 4.78 is 5.89. The van der Waals surface area contributed by atoms with Gasteiger partial charge in [-0.15, -0.1) is 0 Å². The number of ether oxygens (including phenoxy) is 1. The summed E-state index contributed by atoms with van der Waals surface area (Å²) in [4.78, 5) is 13.9. The van der Waals surface area contributed by atoms with E-state index in [2.05, 4.69) is 4.98 Å². The quantitative estimate of drug-likeness (QED) is 0.907. The number of H-pyrrole nitrogens is 1. The highest BCUT2D eigenvalue weighted by atomic mass is 16.5. The van der Waals surface area contributed by atoms with E-state index < -0.39 is 0 Å². The summed E-state index contributed by atoms with van der Waals surface area (Å²) in [6, 6.07) is 3.40. The number of aromatic nitrogens is 1. The number of pyridine rings is 1. The number of nitrogens with one attached hydrogen (secondary N) is 1. The molecule has 0 atom stereocenters. The maximum Gasteiger partial charge on any atom is 0.251 e. The molecule has 0 radical (unpaired) electrons. The van der Waals surface area contributed by atoms with Gasteiger partial charge in [-0.2, -0.15) is 0 Å². The van der Waals surface area contributed by atoms with Gasteiger partial charge in [-0.3, -0.25) is 4.79 Å². The molecule has 0 amide bonds. The van der Waals surface area contributed by atoms with Gasteiger partial charge in [0.1, 0.15) is 5.75 Å². The molecule has 0 spiro atoms. The van der Waals surface area contributed by atoms with Gasteiger partial charge in [0.25, 0.3) is 5.56 Å². The van der Waals surface area contributed by atoms with Crippen LogP contribution in [0.5, 0.6) is 5.75 Å². The van der Waals surface area contributed by atoms with Crippen LogP contribution in [0.25, 0.3) is 0 Å². The molecule has 19 heavy (non-hydrogen) atoms. The van der Waals surface area contributed by atoms with Crippen LogP contribution in [-0.2, 0) is 0 Å². The molecule has 1 N–H and O–H groups in total. The minimum Gasteiger partial charge on any atom is -0.493 e. The van der Waals surface area contributed by atoms with Crippen LogP contribution in [0.1, 0.15) is 32.1 Å². The first-order chi connectivity index (χ1) is 9.28. The van der Waals surface area contributed by atoms with Crippen LogP contribution in [0.15, 0.2) is 23.1 Å². The van der Waals surface area contributed by atoms with E-state index in [1.54, 1.807) is 12.3 Å². The minimum absolute atomic E-state index is 0.0809. The highest BCUT2D eigenvalue weighted by molar-refractivity contribution is 5.17. The van der Waals surface area contributed by atoms with Gasteiger partial charge in [0.15, 0.2) is 0 Å². The summed E-state index contributed by atoms with van der Waals surface area (Å²) in [6.45, 7) is 0.804. The number of hydrogen-bond acceptors (Lipinski definition) is 2. The van der Waals surface area contributed by atoms with Crippen molar-refractivity contribution in [2.45, 2.75) is 32.1 Å². The van der Waals surface area contributed by atoms with E-state index in [1.165, 1.54) is 32.1 Å². The summed E-state index contributed by atoms with van der Waals surface area (Å²) in [5, 5.41) is 0. The molecule has 3 nitrogen and oxygen atoms in total. The third-order valence-electron chi connectivity index (χ3n) is 5.61. The normalized spacial score (nSPS) is 39.5. The highest BCUT2D eigenvalue weighted by Crippen LogP contribution is 2.56. The van der Waals surface area contributed by atoms with E-state index in [9.17, 15) is 4.79 Å². The van der Waals surface area contributed by atoms with Crippen LogP contribution >= 0.6 is 0 Å². The Morgan fingerprint density at radius 3 is 2.42 bits per heavy atom. The second-order valence-corrected chi connectivity index (χ2v) is 6.79. The Bertz CT molecular complexity index is 493. The summed E-state index contributed by atoms with van der Waals surface area (Å²) in [6.07, 6.45) is 8.86. The molecule has 0 unspecified atom stereocenters. The summed E-state index contributed by atoms with van der Waals surface area (Å²) >= 11 is 0. The lowest BCUT2D eigenvalue weighted by molar-refractivity contribution is -0.0529. The van der Waals surface area contributed by atoms with Gasteiger partial charge < -0.3 is 9.72 Å². The van der Waals surface area contributed by atoms with Crippen LogP contribution in [0.4, 0.5) is 0 Å². The molecule has 1 aromatic heterocycles. The molecule has 4 bridgehead atoms. The van der Waals surface area contributed by atoms with Crippen molar-refractivity contribution in [3.05, 3.63) is 28.7 Å². The van der Waals surface area contributed by atoms with Crippen molar-refractivity contribution in [3.63, 3.8) is 0 Å². The molecule has 1 aromatic rings. The van der Waals surface area contributed by atoms with Gasteiger partial charge in [-0.05, 0) is 67.8 Å². The lowest BCUT2D eigenvalue weighted by Crippen LogP contribution is -2.47. The van der Waals surface area contributed by atoms with Gasteiger partial charge in [0.2, 0.25) is 0 Å². The van der Waals surface area contributed by atoms with Crippen LogP contribution < -0.4 is 10.3 Å². The van der Waals surface area contributed by atoms with Crippen LogP contribution in [0.2, 0.25) is 0 Å². The largest absolute Gasteiger partial charge is 0.493 e. The Kier molecular flexibility index (Phi) is 2.68. The third kappa shape index (κ3) is 2.09. The first kappa shape index (κ1) is 11.6. The first-order valence-corrected chi connectivity index (χ1v) is 7.59. The SMILES string of the molecule is O=c1cc(OCC2C3CC4CC(C3)CC2C4)cc[nH]1. The Morgan fingerprint density at radius 2 is 1.79 bits per heavy atom. The summed E-state index contributed by atoms with van der Waals surface area (Å²) in [5.74, 6) is 5.25. The second kappa shape index (κ2) is 4.39. The lowest BCUT2D eigenvalue weighted by atomic mass is 9.52. The molecule has 0 aromatic carbocycles. The standard InChI is InChI=1S/C16H21NO2/c18-16-8-14(1-2-17-16)19-9-15-12-4-10-3-11(6-12)7-13(15)5-10/h1-2,8,10-13,15H,3-7,9H2,(H,17,18). The zero-order chi connectivity index (χ0) is 12.8. The zero-order valence-electron chi connectivity index (χ0n) is 11.2. The van der Waals surface area contributed by atoms with E-state index in [-0.39, 0.29) is 5.56 Å². The van der Waals surface area contributed by atoms with Crippen molar-refractivity contribution in [2.24, 2.45) is 29.6 Å². The van der Waals surface area contributed by atoms with Crippen molar-refractivity contribution in [3.8, 4) is 5.75 Å². The highest BCUT2D eigenvalue weighted by Gasteiger charge is 2.48. The second-order valence-electron chi connectivity index (χ2n) is 6.79. The molecule has 0 aliphatic heterocycles. The smallest absolute Gasteiger partial charge is 0.251 e. The average molecular weight is 259 g/mol. The van der Waals surface area contributed by atoms with E-state index in [1.807, 2.05) is 6.07 Å². The monoisotopic (exact) mass is 259 g/mol. The molecule has 4 aliphatic carbocycles. The van der Waals surface area contributed by atoms with Crippen LogP contribution in [0, 0.1) is 29.6 Å². The number of hydrogen-bond donors (Lipinski definition) is 1. The maximum absolute atomic E-state index is 11.3. The molecule has 0 saturated heterocycles. The molecule has 4 fully saturated rings. The number of rotatable bonds is 3. The zero-order valence-corrected chi connectivity index (χ0v) is 11.2. The van der Waals surface area contributed by atoms with Crippen LogP contribution in [0.3, 0.4) is 0 Å². The summed E-state index contributed by atoms with van der Waals surface area (Å²) in [7, 11) is 0. The molecule has 4 aliphatic rings. The van der Waals surface area contributed by atoms with E-state index in [4.69, 9.17) is 4.74 Å². The maximum atomic E-state index is 11.3.